The number of anilines is 3. The second-order valence-electron chi connectivity index (χ2n) is 23.2. The molecule has 5 N–H and O–H groups in total. The highest BCUT2D eigenvalue weighted by atomic mass is 35.5. The number of carbonyl (C=O) groups excluding carboxylic acids is 6. The van der Waals surface area contributed by atoms with E-state index in [9.17, 15) is 50.4 Å². The molecule has 90 heavy (non-hydrogen) atoms. The van der Waals surface area contributed by atoms with Crippen molar-refractivity contribution in [2.24, 2.45) is 5.41 Å². The summed E-state index contributed by atoms with van der Waals surface area (Å²) in [5.74, 6) is -2.71. The van der Waals surface area contributed by atoms with Crippen LogP contribution in [0, 0.1) is 5.41 Å². The van der Waals surface area contributed by atoms with Crippen molar-refractivity contribution in [3.05, 3.63) is 148 Å². The molecule has 1 aliphatic carbocycles. The van der Waals surface area contributed by atoms with Crippen LogP contribution >= 0.6 is 35.3 Å². The van der Waals surface area contributed by atoms with Crippen molar-refractivity contribution in [3.63, 3.8) is 0 Å². The lowest BCUT2D eigenvalue weighted by Gasteiger charge is -2.41. The van der Waals surface area contributed by atoms with E-state index in [4.69, 9.17) is 21.1 Å². The van der Waals surface area contributed by atoms with E-state index in [0.29, 0.717) is 74.4 Å². The largest absolute Gasteiger partial charge is 0.501 e. The van der Waals surface area contributed by atoms with Crippen LogP contribution in [0.2, 0.25) is 5.02 Å². The lowest BCUT2D eigenvalue weighted by molar-refractivity contribution is -0.136. The number of ether oxygens (including phenoxy) is 2. The van der Waals surface area contributed by atoms with Gasteiger partial charge >= 0.3 is 5.51 Å². The molecule has 6 amide bonds. The summed E-state index contributed by atoms with van der Waals surface area (Å²) in [5.41, 5.74) is -0.488. The maximum atomic E-state index is 14.3. The van der Waals surface area contributed by atoms with Crippen molar-refractivity contribution in [1.29, 1.82) is 0 Å². The lowest BCUT2D eigenvalue weighted by Crippen LogP contribution is -2.54. The van der Waals surface area contributed by atoms with Gasteiger partial charge in [-0.3, -0.25) is 53.5 Å². The fraction of sp³-hybridized carbons (Fsp3) is 0.406. The Balaban J connectivity index is 0.702. The Bertz CT molecular complexity index is 3600. The minimum atomic E-state index is -5.81. The third kappa shape index (κ3) is 16.4. The van der Waals surface area contributed by atoms with Gasteiger partial charge in [0.1, 0.15) is 17.5 Å². The topological polar surface area (TPSA) is 228 Å². The monoisotopic (exact) mass is 1310 g/mol. The molecule has 19 nitrogen and oxygen atoms in total. The standard InChI is InChI=1S/C64H71ClF3N9O10S3/c1-63(41-70-57(79)39-87-33-25-69-53-9-5-8-51-58(53)62(83)77(61(51)82)54-20-21-56(78)72-60(54)81)24-22-50(42-10-14-45(65)15-11-42)44(37-63)38-75-27-29-76(30-28-75)47-16-12-43(13-17-47)59(80)73-89-49-18-19-52(55(36-49)90(84,85)64(66,67)68)71-46(23-26-74-31-34-86-35-32-74)40-88-48-6-3-2-4-7-48/h2-19,36,46,54,69,71H,20-35,37-41H2,1H3,(H,70,79)(H,73,80)(H,72,78,81)/t46-,54?,63?/m1/s1. The van der Waals surface area contributed by atoms with Crippen LogP contribution in [0.15, 0.2) is 136 Å². The summed E-state index contributed by atoms with van der Waals surface area (Å²) < 4.78 is 83.0. The zero-order valence-electron chi connectivity index (χ0n) is 49.6. The maximum Gasteiger partial charge on any atom is 0.501 e. The second kappa shape index (κ2) is 29.5. The number of imide groups is 2. The van der Waals surface area contributed by atoms with Crippen molar-refractivity contribution in [2.45, 2.75) is 77.7 Å². The van der Waals surface area contributed by atoms with Crippen LogP contribution in [0.1, 0.15) is 82.1 Å². The van der Waals surface area contributed by atoms with E-state index >= 15 is 0 Å². The maximum absolute atomic E-state index is 14.3. The van der Waals surface area contributed by atoms with Crippen LogP contribution in [0.3, 0.4) is 0 Å². The van der Waals surface area contributed by atoms with Crippen molar-refractivity contribution < 1.29 is 59.8 Å². The van der Waals surface area contributed by atoms with Crippen LogP contribution in [-0.2, 0) is 33.7 Å². The highest BCUT2D eigenvalue weighted by Gasteiger charge is 2.49. The van der Waals surface area contributed by atoms with Crippen molar-refractivity contribution in [2.75, 3.05) is 113 Å². The van der Waals surface area contributed by atoms with Gasteiger partial charge in [0, 0.05) is 115 Å². The van der Waals surface area contributed by atoms with Crippen LogP contribution in [0.25, 0.3) is 5.57 Å². The molecule has 3 saturated heterocycles. The molecule has 478 valence electrons. The van der Waals surface area contributed by atoms with Crippen molar-refractivity contribution >= 4 is 103 Å². The molecular weight excluding hydrogens is 1240 g/mol. The van der Waals surface area contributed by atoms with E-state index in [1.54, 1.807) is 24.3 Å². The number of benzene rings is 5. The molecule has 3 atom stereocenters. The molecule has 3 fully saturated rings. The van der Waals surface area contributed by atoms with Crippen LogP contribution in [-0.4, -0.2) is 174 Å². The zero-order valence-corrected chi connectivity index (χ0v) is 52.8. The first kappa shape index (κ1) is 66.0. The molecule has 4 heterocycles. The number of hydrogen-bond acceptors (Lipinski definition) is 17. The van der Waals surface area contributed by atoms with E-state index in [1.165, 1.54) is 41.1 Å². The lowest BCUT2D eigenvalue weighted by atomic mass is 9.71. The molecular formula is C64H71ClF3N9O10S3. The molecule has 0 saturated carbocycles. The Morgan fingerprint density at radius 2 is 1.59 bits per heavy atom. The molecule has 4 aliphatic heterocycles. The Morgan fingerprint density at radius 3 is 2.31 bits per heavy atom. The Kier molecular flexibility index (Phi) is 21.7. The number of nitrogens with zero attached hydrogens (tertiary/aromatic N) is 4. The van der Waals surface area contributed by atoms with E-state index in [-0.39, 0.29) is 65.6 Å². The first-order chi connectivity index (χ1) is 43.2. The second-order valence-corrected chi connectivity index (χ2v) is 27.5. The summed E-state index contributed by atoms with van der Waals surface area (Å²) in [6.07, 6.45) is 2.96. The summed E-state index contributed by atoms with van der Waals surface area (Å²) >= 11 is 8.57. The number of carbonyl (C=O) groups is 6. The van der Waals surface area contributed by atoms with Gasteiger partial charge in [-0.2, -0.15) is 13.2 Å². The number of allylic oxidation sites excluding steroid dienone is 1. The average Bonchev–Trinajstić information content (AvgIpc) is 1.57. The van der Waals surface area contributed by atoms with Gasteiger partial charge in [-0.25, -0.2) is 8.42 Å². The summed E-state index contributed by atoms with van der Waals surface area (Å²) in [5, 5.41) is 12.2. The number of fused-ring (bicyclic) bond motifs is 1. The quantitative estimate of drug-likeness (QED) is 0.0159. The molecule has 5 aromatic carbocycles. The van der Waals surface area contributed by atoms with Gasteiger partial charge in [0.2, 0.25) is 17.7 Å². The molecule has 0 aromatic heterocycles. The minimum absolute atomic E-state index is 0.0146. The number of hydrogen-bond donors (Lipinski definition) is 5. The summed E-state index contributed by atoms with van der Waals surface area (Å²) in [6.45, 7) is 9.60. The number of morpholine rings is 1. The van der Waals surface area contributed by atoms with E-state index < -0.39 is 61.9 Å². The Morgan fingerprint density at radius 1 is 0.844 bits per heavy atom. The fourth-order valence-electron chi connectivity index (χ4n) is 11.8. The third-order valence-corrected chi connectivity index (χ3v) is 20.5. The first-order valence-electron chi connectivity index (χ1n) is 29.9. The van der Waals surface area contributed by atoms with Gasteiger partial charge in [-0.15, -0.1) is 11.8 Å². The van der Waals surface area contributed by atoms with Gasteiger partial charge in [0.05, 0.1) is 36.6 Å². The van der Waals surface area contributed by atoms with Crippen LogP contribution < -0.4 is 30.9 Å². The van der Waals surface area contributed by atoms with Crippen LogP contribution in [0.5, 0.6) is 0 Å². The molecule has 26 heteroatoms. The molecule has 0 spiro atoms. The van der Waals surface area contributed by atoms with E-state index in [1.807, 2.05) is 66.7 Å². The van der Waals surface area contributed by atoms with Gasteiger partial charge in [0.15, 0.2) is 0 Å². The first-order valence-corrected chi connectivity index (χ1v) is 33.5. The summed E-state index contributed by atoms with van der Waals surface area (Å²) in [7, 11) is -5.81. The summed E-state index contributed by atoms with van der Waals surface area (Å²) in [6, 6.07) is 31.6. The smallest absolute Gasteiger partial charge is 0.382 e. The van der Waals surface area contributed by atoms with Gasteiger partial charge < -0.3 is 30.3 Å². The highest BCUT2D eigenvalue weighted by molar-refractivity contribution is 7.99. The number of amides is 6. The Labute approximate surface area is 534 Å². The molecule has 0 bridgehead atoms. The SMILES string of the molecule is CC1(CNC(=O)COCCNc2cccc3c2C(=O)N(C2CCC(=O)NC2=O)C3=O)CCC(c2ccc(Cl)cc2)=C(CN2CCN(c3ccc(C(=O)NSc4ccc(N[C@H](CCN5CCOCC5)CSc5ccccc5)c(S(=O)(=O)C(F)(F)F)c4)cc3)CC2)C1. The molecule has 5 aliphatic rings. The van der Waals surface area contributed by atoms with Gasteiger partial charge in [-0.05, 0) is 139 Å². The zero-order chi connectivity index (χ0) is 63.6. The molecule has 2 unspecified atom stereocenters. The van der Waals surface area contributed by atoms with Crippen molar-refractivity contribution in [1.82, 2.24) is 30.1 Å². The average molecular weight is 1310 g/mol. The van der Waals surface area contributed by atoms with Gasteiger partial charge in [-0.1, -0.05) is 60.5 Å². The fourth-order valence-corrected chi connectivity index (χ4v) is 14.6. The predicted octanol–water partition coefficient (Wildman–Crippen LogP) is 8.78. The van der Waals surface area contributed by atoms with E-state index in [2.05, 4.69) is 47.6 Å². The van der Waals surface area contributed by atoms with Gasteiger partial charge in [0.25, 0.3) is 27.6 Å². The Hall–Kier alpha value is -6.97. The normalized spacial score (nSPS) is 19.8. The number of piperazine rings is 1. The van der Waals surface area contributed by atoms with Crippen molar-refractivity contribution in [3.8, 4) is 0 Å². The van der Waals surface area contributed by atoms with E-state index in [0.717, 1.165) is 84.5 Å². The summed E-state index contributed by atoms with van der Waals surface area (Å²) in [4.78, 5) is 85.6. The number of alkyl halides is 3. The number of rotatable bonds is 25. The molecule has 5 aromatic rings. The number of sulfone groups is 1. The van der Waals surface area contributed by atoms with Crippen LogP contribution in [0.4, 0.5) is 30.2 Å². The highest BCUT2D eigenvalue weighted by Crippen LogP contribution is 2.44. The number of halogens is 4. The minimum Gasteiger partial charge on any atom is -0.382 e. The number of thioether (sulfide) groups is 1. The molecule has 0 radical (unpaired) electrons. The number of nitrogens with one attached hydrogen (secondary N) is 5. The predicted molar refractivity (Wildman–Crippen MR) is 340 cm³/mol. The molecule has 10 rings (SSSR count). The third-order valence-electron chi connectivity index (χ3n) is 16.8. The number of piperidine rings is 1.